The van der Waals surface area contributed by atoms with Gasteiger partial charge in [0.2, 0.25) is 5.91 Å². The van der Waals surface area contributed by atoms with E-state index in [1.807, 2.05) is 12.5 Å². The molecule has 0 saturated heterocycles. The van der Waals surface area contributed by atoms with Gasteiger partial charge in [-0.3, -0.25) is 4.79 Å². The first-order valence-corrected chi connectivity index (χ1v) is 8.23. The van der Waals surface area contributed by atoms with Crippen LogP contribution in [0.3, 0.4) is 0 Å². The number of carbonyl (C=O) groups is 1. The Hall–Kier alpha value is -2.10. The molecule has 1 fully saturated rings. The molecule has 1 saturated carbocycles. The predicted molar refractivity (Wildman–Crippen MR) is 85.4 cm³/mol. The topological polar surface area (TPSA) is 46.9 Å². The minimum absolute atomic E-state index is 0.168. The van der Waals surface area contributed by atoms with Gasteiger partial charge in [-0.1, -0.05) is 43.5 Å². The fourth-order valence-electron chi connectivity index (χ4n) is 3.85. The van der Waals surface area contributed by atoms with E-state index in [1.54, 1.807) is 0 Å². The van der Waals surface area contributed by atoms with Crippen LogP contribution in [0.15, 0.2) is 36.8 Å². The first-order chi connectivity index (χ1) is 10.8. The van der Waals surface area contributed by atoms with Gasteiger partial charge in [-0.25, -0.2) is 4.98 Å². The maximum absolute atomic E-state index is 12.4. The van der Waals surface area contributed by atoms with Crippen molar-refractivity contribution in [2.75, 3.05) is 6.54 Å². The van der Waals surface area contributed by atoms with Crippen molar-refractivity contribution in [2.45, 2.75) is 38.1 Å². The molecule has 1 atom stereocenters. The lowest BCUT2D eigenvalue weighted by atomic mass is 9.88. The summed E-state index contributed by atoms with van der Waals surface area (Å²) in [6.07, 6.45) is 9.52. The molecule has 4 heteroatoms. The minimum atomic E-state index is 0.168. The summed E-state index contributed by atoms with van der Waals surface area (Å²) in [6.45, 7) is 0.649. The lowest BCUT2D eigenvalue weighted by molar-refractivity contribution is -0.126. The Balaban J connectivity index is 1.50. The largest absolute Gasteiger partial charge is 0.353 e. The van der Waals surface area contributed by atoms with Crippen LogP contribution in [-0.4, -0.2) is 22.0 Å². The van der Waals surface area contributed by atoms with E-state index in [2.05, 4.69) is 39.1 Å². The van der Waals surface area contributed by atoms with Gasteiger partial charge in [0.1, 0.15) is 0 Å². The quantitative estimate of drug-likeness (QED) is 0.945. The highest BCUT2D eigenvalue weighted by Crippen LogP contribution is 2.38. The summed E-state index contributed by atoms with van der Waals surface area (Å²) >= 11 is 0. The van der Waals surface area contributed by atoms with Crippen LogP contribution in [0.5, 0.6) is 0 Å². The summed E-state index contributed by atoms with van der Waals surface area (Å²) in [7, 11) is 0. The number of hydrogen-bond acceptors (Lipinski definition) is 2. The third-order valence-corrected chi connectivity index (χ3v) is 5.04. The van der Waals surface area contributed by atoms with Crippen molar-refractivity contribution in [3.05, 3.63) is 42.4 Å². The zero-order valence-electron chi connectivity index (χ0n) is 12.7. The summed E-state index contributed by atoms with van der Waals surface area (Å²) in [6, 6.07) is 8.57. The number of nitrogens with zero attached hydrogens (tertiary/aromatic N) is 2. The van der Waals surface area contributed by atoms with Crippen LogP contribution >= 0.6 is 0 Å². The standard InChI is InChI=1S/C18H21N3O/c22-18(13-6-2-1-3-7-13)20-11-17-15-9-5-4-8-14(15)16-10-19-12-21(16)17/h4-5,8-10,12-13,17H,1-3,6-7,11H2,(H,20,22)/t17-/m0/s1. The molecule has 1 aromatic carbocycles. The molecule has 114 valence electrons. The van der Waals surface area contributed by atoms with Gasteiger partial charge >= 0.3 is 0 Å². The van der Waals surface area contributed by atoms with Crippen molar-refractivity contribution in [2.24, 2.45) is 5.92 Å². The fourth-order valence-corrected chi connectivity index (χ4v) is 3.85. The molecule has 1 aliphatic heterocycles. The maximum Gasteiger partial charge on any atom is 0.223 e. The van der Waals surface area contributed by atoms with Gasteiger partial charge in [0.05, 0.1) is 24.3 Å². The van der Waals surface area contributed by atoms with Gasteiger partial charge < -0.3 is 9.88 Å². The molecule has 2 aliphatic rings. The Morgan fingerprint density at radius 3 is 2.91 bits per heavy atom. The zero-order chi connectivity index (χ0) is 14.9. The summed E-state index contributed by atoms with van der Waals surface area (Å²) in [5, 5.41) is 3.18. The van der Waals surface area contributed by atoms with Crippen LogP contribution < -0.4 is 5.32 Å². The highest BCUT2D eigenvalue weighted by atomic mass is 16.1. The molecule has 2 aromatic rings. The first-order valence-electron chi connectivity index (χ1n) is 8.23. The molecule has 0 bridgehead atoms. The molecule has 22 heavy (non-hydrogen) atoms. The van der Waals surface area contributed by atoms with E-state index in [1.165, 1.54) is 30.4 Å². The molecule has 1 amide bonds. The van der Waals surface area contributed by atoms with Crippen LogP contribution in [-0.2, 0) is 4.79 Å². The van der Waals surface area contributed by atoms with Crippen LogP contribution in [0.25, 0.3) is 11.3 Å². The molecule has 4 nitrogen and oxygen atoms in total. The lowest BCUT2D eigenvalue weighted by Gasteiger charge is -2.22. The number of imidazole rings is 1. The highest BCUT2D eigenvalue weighted by Gasteiger charge is 2.29. The van der Waals surface area contributed by atoms with Crippen LogP contribution in [0.2, 0.25) is 0 Å². The van der Waals surface area contributed by atoms with Gasteiger partial charge in [0.25, 0.3) is 0 Å². The zero-order valence-corrected chi connectivity index (χ0v) is 12.7. The number of nitrogens with one attached hydrogen (secondary N) is 1. The molecule has 1 N–H and O–H groups in total. The first kappa shape index (κ1) is 13.6. The SMILES string of the molecule is O=C(NC[C@H]1c2ccccc2-c2cncn21)C1CCCCC1. The number of aromatic nitrogens is 2. The van der Waals surface area contributed by atoms with E-state index < -0.39 is 0 Å². The van der Waals surface area contributed by atoms with Gasteiger partial charge in [-0.15, -0.1) is 0 Å². The second-order valence-corrected chi connectivity index (χ2v) is 6.37. The number of rotatable bonds is 3. The molecule has 0 radical (unpaired) electrons. The molecule has 1 aromatic heterocycles. The van der Waals surface area contributed by atoms with Gasteiger partial charge in [0.15, 0.2) is 0 Å². The fraction of sp³-hybridized carbons (Fsp3) is 0.444. The molecular formula is C18H21N3O. The van der Waals surface area contributed by atoms with Crippen molar-refractivity contribution in [3.8, 4) is 11.3 Å². The molecule has 2 heterocycles. The Morgan fingerprint density at radius 1 is 1.23 bits per heavy atom. The monoisotopic (exact) mass is 295 g/mol. The van der Waals surface area contributed by atoms with Crippen molar-refractivity contribution >= 4 is 5.91 Å². The van der Waals surface area contributed by atoms with Gasteiger partial charge in [-0.2, -0.15) is 0 Å². The third-order valence-electron chi connectivity index (χ3n) is 5.04. The van der Waals surface area contributed by atoms with Crippen molar-refractivity contribution < 1.29 is 4.79 Å². The van der Waals surface area contributed by atoms with Gasteiger partial charge in [0, 0.05) is 18.0 Å². The van der Waals surface area contributed by atoms with E-state index in [9.17, 15) is 4.79 Å². The summed E-state index contributed by atoms with van der Waals surface area (Å²) < 4.78 is 2.17. The molecule has 0 spiro atoms. The van der Waals surface area contributed by atoms with Gasteiger partial charge in [-0.05, 0) is 18.4 Å². The second-order valence-electron chi connectivity index (χ2n) is 6.37. The van der Waals surface area contributed by atoms with Crippen LogP contribution in [0.4, 0.5) is 0 Å². The number of carbonyl (C=O) groups excluding carboxylic acids is 1. The Kier molecular flexibility index (Phi) is 3.45. The van der Waals surface area contributed by atoms with E-state index in [0.717, 1.165) is 18.5 Å². The van der Waals surface area contributed by atoms with Crippen LogP contribution in [0, 0.1) is 5.92 Å². The van der Waals surface area contributed by atoms with E-state index in [-0.39, 0.29) is 17.9 Å². The third kappa shape index (κ3) is 2.23. The average molecular weight is 295 g/mol. The van der Waals surface area contributed by atoms with Crippen LogP contribution in [0.1, 0.15) is 43.7 Å². The van der Waals surface area contributed by atoms with Crippen molar-refractivity contribution in [1.29, 1.82) is 0 Å². The maximum atomic E-state index is 12.4. The highest BCUT2D eigenvalue weighted by molar-refractivity contribution is 5.79. The summed E-state index contributed by atoms with van der Waals surface area (Å²) in [5.41, 5.74) is 3.66. The number of hydrogen-bond donors (Lipinski definition) is 1. The average Bonchev–Trinajstić information content (AvgIpc) is 3.15. The van der Waals surface area contributed by atoms with E-state index in [4.69, 9.17) is 0 Å². The van der Waals surface area contributed by atoms with Crippen molar-refractivity contribution in [3.63, 3.8) is 0 Å². The predicted octanol–water partition coefficient (Wildman–Crippen LogP) is 3.15. The number of benzene rings is 1. The van der Waals surface area contributed by atoms with E-state index in [0.29, 0.717) is 6.54 Å². The van der Waals surface area contributed by atoms with Crippen molar-refractivity contribution in [1.82, 2.24) is 14.9 Å². The molecule has 4 rings (SSSR count). The lowest BCUT2D eigenvalue weighted by Crippen LogP contribution is -2.35. The molecular weight excluding hydrogens is 274 g/mol. The normalized spacial score (nSPS) is 20.5. The summed E-state index contributed by atoms with van der Waals surface area (Å²) in [4.78, 5) is 16.6. The molecule has 1 aliphatic carbocycles. The Labute approximate surface area is 130 Å². The number of amides is 1. The molecule has 0 unspecified atom stereocenters. The summed E-state index contributed by atoms with van der Waals surface area (Å²) in [5.74, 6) is 0.443. The second kappa shape index (κ2) is 5.59. The Bertz CT molecular complexity index is 685. The minimum Gasteiger partial charge on any atom is -0.353 e. The smallest absolute Gasteiger partial charge is 0.223 e. The number of fused-ring (bicyclic) bond motifs is 3. The van der Waals surface area contributed by atoms with E-state index >= 15 is 0 Å². The Morgan fingerprint density at radius 2 is 2.05 bits per heavy atom.